The zero-order valence-corrected chi connectivity index (χ0v) is 29.1. The standard InChI is InChI=1S/C35H48BrN3O8/c1-6-9-16-26(41)37-25(21-45-5)29(23-14-12-11-13-15-23)46-34(44)27-28-32(42)39(22(4)20-40)31(35(28)19-24(36)30(27)47-35)33(43)38(17-8-3)18-10-7-2/h6,8,11-15,22,24-25,27-31,40H,1,3,7,9-10,16-21H2,2,4-5H3,(H,37,41)/t22-,24?,25-,27-,28+,29-,30-,31-,35+/m1/s1. The lowest BCUT2D eigenvalue weighted by Crippen LogP contribution is -2.58. The SMILES string of the molecule is C=CCCC(=O)N[C@H](COC)[C@H](OC(=O)[C@H]1[C@@H]2O[C@@]3(CC2Br)[C@@H]1C(=O)N([C@H](C)CO)[C@@H]3C(=O)N(CC=C)CCCC)c1ccccc1. The van der Waals surface area contributed by atoms with Crippen LogP contribution in [0.5, 0.6) is 0 Å². The van der Waals surface area contributed by atoms with E-state index in [1.807, 2.05) is 25.1 Å². The maximum absolute atomic E-state index is 14.4. The Morgan fingerprint density at radius 2 is 1.98 bits per heavy atom. The van der Waals surface area contributed by atoms with E-state index in [2.05, 4.69) is 34.4 Å². The molecule has 3 fully saturated rings. The van der Waals surface area contributed by atoms with E-state index in [4.69, 9.17) is 14.2 Å². The van der Waals surface area contributed by atoms with Gasteiger partial charge in [-0.3, -0.25) is 19.2 Å². The van der Waals surface area contributed by atoms with Crippen molar-refractivity contribution in [3.8, 4) is 0 Å². The van der Waals surface area contributed by atoms with E-state index >= 15 is 0 Å². The molecule has 1 aromatic carbocycles. The summed E-state index contributed by atoms with van der Waals surface area (Å²) < 4.78 is 18.3. The minimum absolute atomic E-state index is 0.0555. The fourth-order valence-electron chi connectivity index (χ4n) is 7.27. The number of hydrogen-bond acceptors (Lipinski definition) is 8. The highest BCUT2D eigenvalue weighted by atomic mass is 79.9. The number of ether oxygens (including phenoxy) is 3. The van der Waals surface area contributed by atoms with Crippen LogP contribution in [0.1, 0.15) is 57.6 Å². The second-order valence-corrected chi connectivity index (χ2v) is 13.8. The van der Waals surface area contributed by atoms with Gasteiger partial charge in [-0.2, -0.15) is 0 Å². The highest BCUT2D eigenvalue weighted by Gasteiger charge is 2.77. The number of fused-ring (bicyclic) bond motifs is 1. The molecule has 1 aromatic rings. The van der Waals surface area contributed by atoms with E-state index in [1.165, 1.54) is 12.0 Å². The van der Waals surface area contributed by atoms with Crippen molar-refractivity contribution in [2.45, 2.75) is 86.7 Å². The van der Waals surface area contributed by atoms with Gasteiger partial charge in [0.15, 0.2) is 0 Å². The van der Waals surface area contributed by atoms with E-state index in [0.29, 0.717) is 24.9 Å². The number of alkyl halides is 1. The number of aliphatic hydroxyl groups excluding tert-OH is 1. The van der Waals surface area contributed by atoms with Crippen LogP contribution in [0.2, 0.25) is 0 Å². The predicted molar refractivity (Wildman–Crippen MR) is 179 cm³/mol. The Kier molecular flexibility index (Phi) is 12.8. The quantitative estimate of drug-likeness (QED) is 0.134. The minimum Gasteiger partial charge on any atom is -0.455 e. The molecular formula is C35H48BrN3O8. The summed E-state index contributed by atoms with van der Waals surface area (Å²) in [5.74, 6) is -3.69. The third-order valence-electron chi connectivity index (χ3n) is 9.42. The number of halogens is 1. The number of carbonyl (C=O) groups is 4. The van der Waals surface area contributed by atoms with Crippen LogP contribution in [-0.4, -0.2) is 107 Å². The lowest BCUT2D eigenvalue weighted by Gasteiger charge is -2.38. The monoisotopic (exact) mass is 717 g/mol. The van der Waals surface area contributed by atoms with Crippen molar-refractivity contribution in [1.29, 1.82) is 0 Å². The number of carbonyl (C=O) groups excluding carboxylic acids is 4. The number of esters is 1. The molecule has 9 atom stereocenters. The number of hydrogen-bond donors (Lipinski definition) is 2. The molecule has 0 aliphatic carbocycles. The van der Waals surface area contributed by atoms with E-state index in [1.54, 1.807) is 36.1 Å². The lowest BCUT2D eigenvalue weighted by atomic mass is 9.70. The third-order valence-corrected chi connectivity index (χ3v) is 10.3. The Balaban J connectivity index is 1.72. The van der Waals surface area contributed by atoms with Gasteiger partial charge < -0.3 is 34.4 Å². The molecule has 1 unspecified atom stereocenters. The molecule has 0 aromatic heterocycles. The van der Waals surface area contributed by atoms with Crippen molar-refractivity contribution in [2.75, 3.05) is 33.4 Å². The zero-order chi connectivity index (χ0) is 34.3. The van der Waals surface area contributed by atoms with Crippen molar-refractivity contribution in [2.24, 2.45) is 11.8 Å². The first-order valence-corrected chi connectivity index (χ1v) is 17.3. The van der Waals surface area contributed by atoms with Gasteiger partial charge in [-0.1, -0.05) is 71.8 Å². The summed E-state index contributed by atoms with van der Waals surface area (Å²) in [5.41, 5.74) is -0.669. The average Bonchev–Trinajstić information content (AvgIpc) is 3.67. The van der Waals surface area contributed by atoms with Gasteiger partial charge in [0.1, 0.15) is 17.7 Å². The Bertz CT molecular complexity index is 1300. The number of methoxy groups -OCH3 is 1. The average molecular weight is 719 g/mol. The fourth-order valence-corrected chi connectivity index (χ4v) is 8.22. The molecule has 3 saturated heterocycles. The van der Waals surface area contributed by atoms with Crippen LogP contribution < -0.4 is 5.32 Å². The molecule has 2 bridgehead atoms. The number of nitrogens with zero attached hydrogens (tertiary/aromatic N) is 2. The highest BCUT2D eigenvalue weighted by Crippen LogP contribution is 2.61. The Morgan fingerprint density at radius 3 is 2.60 bits per heavy atom. The van der Waals surface area contributed by atoms with Gasteiger partial charge in [0.2, 0.25) is 17.7 Å². The molecule has 258 valence electrons. The van der Waals surface area contributed by atoms with E-state index in [9.17, 15) is 24.3 Å². The van der Waals surface area contributed by atoms with Gasteiger partial charge in [-0.25, -0.2) is 0 Å². The van der Waals surface area contributed by atoms with Gasteiger partial charge in [-0.05, 0) is 31.7 Å². The maximum atomic E-state index is 14.4. The molecule has 0 saturated carbocycles. The van der Waals surface area contributed by atoms with E-state index in [-0.39, 0.29) is 42.8 Å². The number of rotatable bonds is 18. The normalized spacial score (nSPS) is 27.9. The molecule has 3 amide bonds. The number of allylic oxidation sites excluding steroid dienone is 1. The smallest absolute Gasteiger partial charge is 0.313 e. The lowest BCUT2D eigenvalue weighted by molar-refractivity contribution is -0.163. The summed E-state index contributed by atoms with van der Waals surface area (Å²) in [5, 5.41) is 13.2. The molecule has 47 heavy (non-hydrogen) atoms. The topological polar surface area (TPSA) is 135 Å². The molecule has 2 N–H and O–H groups in total. The molecule has 4 rings (SSSR count). The van der Waals surface area contributed by atoms with Gasteiger partial charge in [0, 0.05) is 31.4 Å². The second-order valence-electron chi connectivity index (χ2n) is 12.6. The second kappa shape index (κ2) is 16.4. The van der Waals surface area contributed by atoms with Gasteiger partial charge in [0.05, 0.1) is 43.2 Å². The first-order valence-electron chi connectivity index (χ1n) is 16.4. The van der Waals surface area contributed by atoms with Crippen LogP contribution in [0.15, 0.2) is 55.6 Å². The summed E-state index contributed by atoms with van der Waals surface area (Å²) in [6.07, 6.45) is 4.26. The molecule has 0 radical (unpaired) electrons. The zero-order valence-electron chi connectivity index (χ0n) is 27.5. The van der Waals surface area contributed by atoms with Crippen molar-refractivity contribution in [1.82, 2.24) is 15.1 Å². The van der Waals surface area contributed by atoms with Gasteiger partial charge in [0.25, 0.3) is 0 Å². The molecule has 3 aliphatic rings. The Hall–Kier alpha value is -3.06. The molecule has 11 nitrogen and oxygen atoms in total. The van der Waals surface area contributed by atoms with Crippen molar-refractivity contribution in [3.05, 3.63) is 61.2 Å². The van der Waals surface area contributed by atoms with Crippen molar-refractivity contribution in [3.63, 3.8) is 0 Å². The summed E-state index contributed by atoms with van der Waals surface area (Å²) in [7, 11) is 1.50. The minimum atomic E-state index is -1.31. The summed E-state index contributed by atoms with van der Waals surface area (Å²) >= 11 is 3.70. The van der Waals surface area contributed by atoms with Crippen LogP contribution in [0, 0.1) is 11.8 Å². The first kappa shape index (κ1) is 36.8. The molecule has 3 aliphatic heterocycles. The maximum Gasteiger partial charge on any atom is 0.313 e. The van der Waals surface area contributed by atoms with E-state index in [0.717, 1.165) is 12.8 Å². The Labute approximate surface area is 285 Å². The first-order chi connectivity index (χ1) is 22.6. The van der Waals surface area contributed by atoms with E-state index < -0.39 is 59.6 Å². The number of nitrogens with one attached hydrogen (secondary N) is 1. The number of benzene rings is 1. The van der Waals surface area contributed by atoms with Crippen LogP contribution in [0.3, 0.4) is 0 Å². The van der Waals surface area contributed by atoms with Crippen molar-refractivity contribution >= 4 is 39.6 Å². The predicted octanol–water partition coefficient (Wildman–Crippen LogP) is 3.31. The largest absolute Gasteiger partial charge is 0.455 e. The number of aliphatic hydroxyl groups is 1. The number of amides is 3. The van der Waals surface area contributed by atoms with Crippen molar-refractivity contribution < 1.29 is 38.5 Å². The molecule has 12 heteroatoms. The third kappa shape index (κ3) is 7.35. The summed E-state index contributed by atoms with van der Waals surface area (Å²) in [6, 6.07) is 6.57. The van der Waals surface area contributed by atoms with Crippen LogP contribution in [0.4, 0.5) is 0 Å². The van der Waals surface area contributed by atoms with Gasteiger partial charge in [-0.15, -0.1) is 13.2 Å². The highest BCUT2D eigenvalue weighted by molar-refractivity contribution is 9.09. The van der Waals surface area contributed by atoms with Crippen LogP contribution in [-0.2, 0) is 33.4 Å². The van der Waals surface area contributed by atoms with Crippen LogP contribution >= 0.6 is 15.9 Å². The number of unbranched alkanes of at least 4 members (excludes halogenated alkanes) is 1. The molecule has 3 heterocycles. The summed E-state index contributed by atoms with van der Waals surface area (Å²) in [4.78, 5) is 58.7. The summed E-state index contributed by atoms with van der Waals surface area (Å²) in [6.45, 7) is 11.7. The molecular weight excluding hydrogens is 670 g/mol. The Morgan fingerprint density at radius 1 is 1.26 bits per heavy atom. The molecule has 1 spiro atoms. The van der Waals surface area contributed by atoms with Crippen LogP contribution in [0.25, 0.3) is 0 Å². The van der Waals surface area contributed by atoms with Gasteiger partial charge >= 0.3 is 5.97 Å². The number of likely N-dealkylation sites (tertiary alicyclic amines) is 1. The fraction of sp³-hybridized carbons (Fsp3) is 0.600.